The first-order chi connectivity index (χ1) is 51.9. The van der Waals surface area contributed by atoms with Crippen LogP contribution in [0.2, 0.25) is 0 Å². The third-order valence-corrected chi connectivity index (χ3v) is 18.0. The van der Waals surface area contributed by atoms with Crippen LogP contribution in [0.1, 0.15) is 104 Å². The van der Waals surface area contributed by atoms with E-state index in [9.17, 15) is 118 Å². The zero-order chi connectivity index (χ0) is 82.6. The molecule has 0 fully saturated rings. The van der Waals surface area contributed by atoms with Gasteiger partial charge < -0.3 is 116 Å². The number of aliphatic hydroxyl groups excluding tert-OH is 3. The normalized spacial score (nSPS) is 15.4. The lowest BCUT2D eigenvalue weighted by Gasteiger charge is -2.29. The molecule has 23 N–H and O–H groups in total. The molecule has 606 valence electrons. The van der Waals surface area contributed by atoms with Gasteiger partial charge in [0.1, 0.15) is 84.0 Å². The van der Waals surface area contributed by atoms with Gasteiger partial charge in [-0.3, -0.25) is 71.9 Å². The van der Waals surface area contributed by atoms with E-state index in [0.29, 0.717) is 16.9 Å². The van der Waals surface area contributed by atoms with Crippen molar-refractivity contribution in [2.24, 2.45) is 17.6 Å². The fourth-order valence-corrected chi connectivity index (χ4v) is 10.9. The van der Waals surface area contributed by atoms with Crippen molar-refractivity contribution in [1.29, 1.82) is 0 Å². The molecule has 3 rings (SSSR count). The molecular weight excluding hydrogens is 1460 g/mol. The van der Waals surface area contributed by atoms with E-state index in [2.05, 4.69) is 69.1 Å². The van der Waals surface area contributed by atoms with Crippen molar-refractivity contribution in [2.75, 3.05) is 31.8 Å². The van der Waals surface area contributed by atoms with Gasteiger partial charge in [0, 0.05) is 19.3 Å². The molecule has 3 aromatic rings. The van der Waals surface area contributed by atoms with Gasteiger partial charge in [-0.15, -0.1) is 0 Å². The lowest BCUT2D eigenvalue weighted by atomic mass is 9.96. The standard InChI is InChI=1S/C71H102N14O24S/c1-9-35(3)56(68(105)75-38(6)60(97)77-47(71(108)109)26-27-110-8)85-67(104)52(34-87)81-63(100)48(30-42-18-22-44(90)23-19-42)78-64(101)50(31-55(94)95)79-66(103)51(33-86)82-69(106)57(36(4)10-2)84-65(102)49(29-40-14-12-11-13-15-40)80-70(107)58(39(7)88)83-53(91)32-73-62(99)46(24-25-54(92)93)76-59(96)37(5)74-61(98)45(72)28-41-16-20-43(89)21-17-41/h11-23,35-39,45-52,56-58,86-90H,9-10,24-34,72H2,1-8H3,(H,73,99)(H,74,98)(H,75,105)(H,76,96)(H,77,97)(H,78,101)(H,79,103)(H,80,107)(H,81,100)(H,82,106)(H,83,91)(H,84,102)(H,85,104)(H,92,93)(H,94,95)(H,108,109)/t35-,36-,37+,38-,39+,45-,46-,47-,48-,49-,50-,51-,52-,56-,57-,58-/m0/s1. The Hall–Kier alpha value is -11.0. The topological polar surface area (TPSA) is 617 Å². The van der Waals surface area contributed by atoms with Gasteiger partial charge in [0.15, 0.2) is 0 Å². The Bertz CT molecular complexity index is 3650. The van der Waals surface area contributed by atoms with Gasteiger partial charge in [0.2, 0.25) is 76.8 Å². The number of aliphatic hydroxyl groups is 3. The number of aromatic hydroxyl groups is 2. The molecule has 0 unspecified atom stereocenters. The predicted octanol–water partition coefficient (Wildman–Crippen LogP) is -4.94. The van der Waals surface area contributed by atoms with E-state index in [1.54, 1.807) is 57.4 Å². The lowest BCUT2D eigenvalue weighted by Crippen LogP contribution is -2.62. The predicted molar refractivity (Wildman–Crippen MR) is 394 cm³/mol. The summed E-state index contributed by atoms with van der Waals surface area (Å²) in [4.78, 5) is 215. The summed E-state index contributed by atoms with van der Waals surface area (Å²) in [6.45, 7) is 6.68. The molecule has 0 spiro atoms. The Balaban J connectivity index is 1.83. The van der Waals surface area contributed by atoms with Crippen LogP contribution in [-0.2, 0) is 96.0 Å². The van der Waals surface area contributed by atoms with Gasteiger partial charge in [-0.1, -0.05) is 95.1 Å². The molecular formula is C71H102N14O24S. The molecule has 39 heteroatoms. The Morgan fingerprint density at radius 1 is 0.409 bits per heavy atom. The monoisotopic (exact) mass is 1570 g/mol. The van der Waals surface area contributed by atoms with Gasteiger partial charge in [0.05, 0.1) is 38.3 Å². The SMILES string of the molecule is CC[C@H](C)[C@H](NC(=O)[C@H](CO)NC(=O)[C@H](Cc1ccc(O)cc1)NC(=O)[C@H](CC(=O)O)NC(=O)[C@H](CO)NC(=O)[C@@H](NC(=O)[C@H](Cc1ccccc1)NC(=O)[C@@H](NC(=O)CNC(=O)[C@H](CCC(=O)O)NC(=O)[C@@H](C)NC(=O)[C@@H](N)Cc1ccc(O)cc1)[C@@H](C)O)[C@@H](C)CC)C(=O)N[C@@H](C)C(=O)N[C@@H](CCSC)C(=O)O. The van der Waals surface area contributed by atoms with Gasteiger partial charge in [-0.05, 0) is 105 Å². The van der Waals surface area contributed by atoms with Crippen molar-refractivity contribution >= 4 is 106 Å². The fraction of sp³-hybridized carbons (Fsp3) is 0.521. The number of aliphatic carboxylic acids is 3. The summed E-state index contributed by atoms with van der Waals surface area (Å²) in [5, 5.41) is 111. The molecule has 0 aliphatic rings. The van der Waals surface area contributed by atoms with E-state index in [-0.39, 0.29) is 49.2 Å². The number of phenolic OH excluding ortho intramolecular Hbond substituents is 2. The number of carbonyl (C=O) groups excluding carboxylic acids is 13. The van der Waals surface area contributed by atoms with Crippen LogP contribution in [0.3, 0.4) is 0 Å². The van der Waals surface area contributed by atoms with Crippen LogP contribution in [0.4, 0.5) is 0 Å². The molecule has 0 aliphatic heterocycles. The van der Waals surface area contributed by atoms with Crippen molar-refractivity contribution in [3.63, 3.8) is 0 Å². The minimum absolute atomic E-state index is 0.0139. The average Bonchev–Trinajstić information content (AvgIpc) is 0.845. The summed E-state index contributed by atoms with van der Waals surface area (Å²) in [7, 11) is 0. The van der Waals surface area contributed by atoms with E-state index in [1.807, 2.05) is 0 Å². The summed E-state index contributed by atoms with van der Waals surface area (Å²) in [5.74, 6) is -19.9. The van der Waals surface area contributed by atoms with E-state index in [0.717, 1.165) is 6.92 Å². The second-order valence-electron chi connectivity index (χ2n) is 26.2. The molecule has 0 bridgehead atoms. The summed E-state index contributed by atoms with van der Waals surface area (Å²) in [5.41, 5.74) is 7.28. The molecule has 0 saturated carbocycles. The largest absolute Gasteiger partial charge is 0.508 e. The zero-order valence-corrected chi connectivity index (χ0v) is 62.8. The third-order valence-electron chi connectivity index (χ3n) is 17.4. The minimum atomic E-state index is -2.12. The molecule has 0 heterocycles. The number of benzene rings is 3. The van der Waals surface area contributed by atoms with Crippen LogP contribution in [0.25, 0.3) is 0 Å². The fourth-order valence-electron chi connectivity index (χ4n) is 10.4. The molecule has 0 radical (unpaired) electrons. The number of carboxylic acid groups (broad SMARTS) is 3. The first kappa shape index (κ1) is 93.2. The third kappa shape index (κ3) is 32.0. The summed E-state index contributed by atoms with van der Waals surface area (Å²) < 4.78 is 0. The van der Waals surface area contributed by atoms with Crippen molar-refractivity contribution in [2.45, 2.75) is 191 Å². The van der Waals surface area contributed by atoms with Crippen molar-refractivity contribution in [3.05, 3.63) is 95.6 Å². The molecule has 3 aromatic carbocycles. The number of nitrogens with one attached hydrogen (secondary N) is 13. The number of rotatable bonds is 48. The number of nitrogens with two attached hydrogens (primary N) is 1. The highest BCUT2D eigenvalue weighted by atomic mass is 32.2. The van der Waals surface area contributed by atoms with Crippen LogP contribution < -0.4 is 74.9 Å². The number of hydrogen-bond donors (Lipinski definition) is 22. The van der Waals surface area contributed by atoms with Crippen LogP contribution in [-0.4, -0.2) is 252 Å². The molecule has 0 saturated heterocycles. The molecule has 13 amide bonds. The van der Waals surface area contributed by atoms with Gasteiger partial charge in [0.25, 0.3) is 0 Å². The number of carbonyl (C=O) groups is 16. The van der Waals surface area contributed by atoms with Crippen LogP contribution in [0.5, 0.6) is 11.5 Å². The molecule has 110 heavy (non-hydrogen) atoms. The van der Waals surface area contributed by atoms with Gasteiger partial charge >= 0.3 is 17.9 Å². The second-order valence-corrected chi connectivity index (χ2v) is 27.2. The Kier molecular flexibility index (Phi) is 39.8. The van der Waals surface area contributed by atoms with Gasteiger partial charge in [-0.2, -0.15) is 11.8 Å². The lowest BCUT2D eigenvalue weighted by molar-refractivity contribution is -0.142. The van der Waals surface area contributed by atoms with Crippen molar-refractivity contribution < 1.29 is 118 Å². The number of phenols is 2. The Morgan fingerprint density at radius 2 is 0.800 bits per heavy atom. The summed E-state index contributed by atoms with van der Waals surface area (Å²) >= 11 is 1.35. The molecule has 38 nitrogen and oxygen atoms in total. The Labute approximate surface area is 637 Å². The van der Waals surface area contributed by atoms with E-state index in [4.69, 9.17) is 5.73 Å². The average molecular weight is 1570 g/mol. The van der Waals surface area contributed by atoms with Crippen LogP contribution in [0, 0.1) is 11.8 Å². The zero-order valence-electron chi connectivity index (χ0n) is 62.0. The van der Waals surface area contributed by atoms with Crippen molar-refractivity contribution in [1.82, 2.24) is 69.1 Å². The maximum absolute atomic E-state index is 14.5. The first-order valence-corrected chi connectivity index (χ1v) is 36.6. The van der Waals surface area contributed by atoms with E-state index >= 15 is 0 Å². The smallest absolute Gasteiger partial charge is 0.326 e. The molecule has 0 aliphatic carbocycles. The maximum Gasteiger partial charge on any atom is 0.326 e. The highest BCUT2D eigenvalue weighted by Crippen LogP contribution is 2.17. The van der Waals surface area contributed by atoms with Crippen molar-refractivity contribution in [3.8, 4) is 11.5 Å². The molecule has 16 atom stereocenters. The summed E-state index contributed by atoms with van der Waals surface area (Å²) in [6, 6.07) is -2.17. The first-order valence-electron chi connectivity index (χ1n) is 35.2. The van der Waals surface area contributed by atoms with Gasteiger partial charge in [-0.25, -0.2) is 4.79 Å². The van der Waals surface area contributed by atoms with E-state index < -0.39 is 237 Å². The molecule has 0 aromatic heterocycles. The van der Waals surface area contributed by atoms with E-state index in [1.165, 1.54) is 81.1 Å². The summed E-state index contributed by atoms with van der Waals surface area (Å²) in [6.07, 6.45) is -2.67. The number of carboxylic acids is 3. The highest BCUT2D eigenvalue weighted by Gasteiger charge is 2.39. The maximum atomic E-state index is 14.5. The Morgan fingerprint density at radius 3 is 1.26 bits per heavy atom. The quantitative estimate of drug-likeness (QED) is 0.0252. The van der Waals surface area contributed by atoms with Crippen LogP contribution >= 0.6 is 11.8 Å². The number of hydrogen-bond acceptors (Lipinski definition) is 23. The highest BCUT2D eigenvalue weighted by molar-refractivity contribution is 7.98. The number of amides is 13. The number of thioether (sulfide) groups is 1. The van der Waals surface area contributed by atoms with Crippen LogP contribution in [0.15, 0.2) is 78.9 Å². The minimum Gasteiger partial charge on any atom is -0.508 e. The second kappa shape index (κ2) is 47.0.